The number of nitrogens with zero attached hydrogens (tertiary/aromatic N) is 2. The molecule has 4 aromatic carbocycles. The maximum Gasteiger partial charge on any atom is 0.267 e. The Balaban J connectivity index is 1.43. The van der Waals surface area contributed by atoms with Crippen molar-refractivity contribution >= 4 is 57.2 Å². The highest BCUT2D eigenvalue weighted by molar-refractivity contribution is 14.1. The molecule has 0 aromatic heterocycles. The summed E-state index contributed by atoms with van der Waals surface area (Å²) >= 11 is 3.61. The second kappa shape index (κ2) is 13.1. The summed E-state index contributed by atoms with van der Waals surface area (Å²) < 4.78 is 18.0. The van der Waals surface area contributed by atoms with E-state index in [-0.39, 0.29) is 5.91 Å². The minimum Gasteiger partial charge on any atom is -0.497 e. The molecule has 0 spiro atoms. The molecule has 0 N–H and O–H groups in total. The topological polar surface area (TPSA) is 60.4 Å². The second-order valence-electron chi connectivity index (χ2n) is 8.89. The summed E-state index contributed by atoms with van der Waals surface area (Å²) in [4.78, 5) is 20.8. The zero-order chi connectivity index (χ0) is 27.9. The first-order valence-electron chi connectivity index (χ1n) is 12.6. The van der Waals surface area contributed by atoms with Crippen LogP contribution in [-0.2, 0) is 17.9 Å². The summed E-state index contributed by atoms with van der Waals surface area (Å²) in [7, 11) is 3.25. The van der Waals surface area contributed by atoms with Crippen LogP contribution in [0.2, 0.25) is 0 Å². The normalized spacial score (nSPS) is 15.1. The largest absolute Gasteiger partial charge is 0.497 e. The fourth-order valence-corrected chi connectivity index (χ4v) is 5.88. The van der Waals surface area contributed by atoms with Gasteiger partial charge in [-0.2, -0.15) is 0 Å². The third-order valence-electron chi connectivity index (χ3n) is 6.14. The lowest BCUT2D eigenvalue weighted by molar-refractivity contribution is -0.122. The van der Waals surface area contributed by atoms with Crippen LogP contribution in [0.3, 0.4) is 0 Å². The molecule has 0 aliphatic carbocycles. The summed E-state index contributed by atoms with van der Waals surface area (Å²) in [6.45, 7) is 0.827. The van der Waals surface area contributed by atoms with Crippen molar-refractivity contribution in [2.24, 2.45) is 4.99 Å². The van der Waals surface area contributed by atoms with Gasteiger partial charge in [-0.05, 0) is 93.5 Å². The van der Waals surface area contributed by atoms with E-state index in [1.165, 1.54) is 11.8 Å². The molecule has 0 atom stereocenters. The van der Waals surface area contributed by atoms with Gasteiger partial charge in [0.25, 0.3) is 5.91 Å². The first-order valence-corrected chi connectivity index (χ1v) is 14.5. The molecule has 1 amide bonds. The fourth-order valence-electron chi connectivity index (χ4n) is 4.10. The summed E-state index contributed by atoms with van der Waals surface area (Å²) in [6.07, 6.45) is 1.88. The standard InChI is InChI=1S/C32H27IN2O4S/c1-37-26-15-13-22(14-16-26)20-35-31(36)29(40-32(35)34-25-11-7-4-8-12-25)19-24-17-27(33)30(28(18-24)38-2)39-21-23-9-5-3-6-10-23/h3-19H,20-21H2,1-2H3/b29-19-,34-32?. The number of carbonyl (C=O) groups excluding carboxylic acids is 1. The number of rotatable bonds is 9. The van der Waals surface area contributed by atoms with E-state index in [4.69, 9.17) is 19.2 Å². The van der Waals surface area contributed by atoms with E-state index in [9.17, 15) is 4.79 Å². The Morgan fingerprint density at radius 1 is 0.875 bits per heavy atom. The monoisotopic (exact) mass is 662 g/mol. The predicted molar refractivity (Wildman–Crippen MR) is 169 cm³/mol. The zero-order valence-electron chi connectivity index (χ0n) is 22.0. The van der Waals surface area contributed by atoms with Gasteiger partial charge in [0.15, 0.2) is 16.7 Å². The number of halogens is 1. The molecule has 8 heteroatoms. The maximum atomic E-state index is 13.7. The SMILES string of the molecule is COc1ccc(CN2C(=O)/C(=C/c3cc(I)c(OCc4ccccc4)c(OC)c3)SC2=Nc2ccccc2)cc1. The molecule has 202 valence electrons. The second-order valence-corrected chi connectivity index (χ2v) is 11.1. The third kappa shape index (κ3) is 6.68. The summed E-state index contributed by atoms with van der Waals surface area (Å²) in [5.74, 6) is 1.95. The van der Waals surface area contributed by atoms with Crippen LogP contribution >= 0.6 is 34.4 Å². The van der Waals surface area contributed by atoms with E-state index in [1.807, 2.05) is 103 Å². The molecule has 40 heavy (non-hydrogen) atoms. The number of thioether (sulfide) groups is 1. The first kappa shape index (κ1) is 27.8. The van der Waals surface area contributed by atoms with Crippen molar-refractivity contribution in [2.75, 3.05) is 14.2 Å². The van der Waals surface area contributed by atoms with Crippen molar-refractivity contribution < 1.29 is 19.0 Å². The number of amidine groups is 1. The van der Waals surface area contributed by atoms with Gasteiger partial charge in [0.1, 0.15) is 12.4 Å². The van der Waals surface area contributed by atoms with E-state index in [1.54, 1.807) is 19.1 Å². The van der Waals surface area contributed by atoms with Gasteiger partial charge in [0, 0.05) is 0 Å². The Morgan fingerprint density at radius 2 is 1.57 bits per heavy atom. The van der Waals surface area contributed by atoms with Gasteiger partial charge in [-0.1, -0.05) is 60.7 Å². The number of hydrogen-bond donors (Lipinski definition) is 0. The van der Waals surface area contributed by atoms with Gasteiger partial charge in [0.2, 0.25) is 0 Å². The molecule has 0 unspecified atom stereocenters. The summed E-state index contributed by atoms with van der Waals surface area (Å²) in [5.41, 5.74) is 3.68. The molecule has 0 saturated carbocycles. The van der Waals surface area contributed by atoms with Gasteiger partial charge < -0.3 is 14.2 Å². The Morgan fingerprint density at radius 3 is 2.25 bits per heavy atom. The smallest absolute Gasteiger partial charge is 0.267 e. The van der Waals surface area contributed by atoms with E-state index < -0.39 is 0 Å². The van der Waals surface area contributed by atoms with E-state index >= 15 is 0 Å². The van der Waals surface area contributed by atoms with E-state index in [0.29, 0.717) is 34.7 Å². The van der Waals surface area contributed by atoms with Crippen LogP contribution in [0.4, 0.5) is 5.69 Å². The molecule has 6 nitrogen and oxygen atoms in total. The molecule has 4 aromatic rings. The first-order chi connectivity index (χ1) is 19.5. The van der Waals surface area contributed by atoms with Gasteiger partial charge >= 0.3 is 0 Å². The number of benzene rings is 4. The van der Waals surface area contributed by atoms with E-state index in [2.05, 4.69) is 22.6 Å². The van der Waals surface area contributed by atoms with Crippen molar-refractivity contribution in [3.8, 4) is 17.2 Å². The lowest BCUT2D eigenvalue weighted by Crippen LogP contribution is -2.28. The number of ether oxygens (including phenoxy) is 3. The van der Waals surface area contributed by atoms with Gasteiger partial charge in [-0.25, -0.2) is 4.99 Å². The quantitative estimate of drug-likeness (QED) is 0.136. The summed E-state index contributed by atoms with van der Waals surface area (Å²) in [5, 5.41) is 0.628. The Hall–Kier alpha value is -3.76. The van der Waals surface area contributed by atoms with Crippen molar-refractivity contribution in [3.05, 3.63) is 122 Å². The highest BCUT2D eigenvalue weighted by Gasteiger charge is 2.33. The molecule has 0 bridgehead atoms. The molecular weight excluding hydrogens is 635 g/mol. The van der Waals surface area contributed by atoms with Crippen molar-refractivity contribution in [2.45, 2.75) is 13.2 Å². The van der Waals surface area contributed by atoms with Crippen LogP contribution in [0.5, 0.6) is 17.2 Å². The zero-order valence-corrected chi connectivity index (χ0v) is 25.0. The minimum absolute atomic E-state index is 0.103. The number of para-hydroxylation sites is 1. The van der Waals surface area contributed by atoms with Crippen molar-refractivity contribution in [1.82, 2.24) is 4.90 Å². The van der Waals surface area contributed by atoms with Crippen molar-refractivity contribution in [3.63, 3.8) is 0 Å². The maximum absolute atomic E-state index is 13.7. The number of methoxy groups -OCH3 is 2. The van der Waals surface area contributed by atoms with Gasteiger partial charge in [0.05, 0.1) is 34.9 Å². The van der Waals surface area contributed by atoms with Crippen molar-refractivity contribution in [1.29, 1.82) is 0 Å². The highest BCUT2D eigenvalue weighted by Crippen LogP contribution is 2.39. The van der Waals surface area contributed by atoms with Crippen LogP contribution in [0, 0.1) is 3.57 Å². The minimum atomic E-state index is -0.103. The number of carbonyl (C=O) groups is 1. The average molecular weight is 663 g/mol. The van der Waals surface area contributed by atoms with Crippen LogP contribution in [0.15, 0.2) is 107 Å². The third-order valence-corrected chi connectivity index (χ3v) is 7.95. The molecule has 1 saturated heterocycles. The summed E-state index contributed by atoms with van der Waals surface area (Å²) in [6, 6.07) is 31.2. The van der Waals surface area contributed by atoms with E-state index in [0.717, 1.165) is 31.7 Å². The Bertz CT molecular complexity index is 1540. The molecule has 1 heterocycles. The highest BCUT2D eigenvalue weighted by atomic mass is 127. The predicted octanol–water partition coefficient (Wildman–Crippen LogP) is 7.69. The molecular formula is C32H27IN2O4S. The Labute approximate surface area is 251 Å². The van der Waals surface area contributed by atoms with Gasteiger partial charge in [-0.15, -0.1) is 0 Å². The number of hydrogen-bond acceptors (Lipinski definition) is 6. The molecule has 1 aliphatic rings. The molecule has 0 radical (unpaired) electrons. The number of aliphatic imine (C=N–C) groups is 1. The lowest BCUT2D eigenvalue weighted by Gasteiger charge is -2.16. The van der Waals surface area contributed by atoms with Crippen LogP contribution in [0.25, 0.3) is 6.08 Å². The Kier molecular flexibility index (Phi) is 9.08. The lowest BCUT2D eigenvalue weighted by atomic mass is 10.1. The number of amides is 1. The van der Waals surface area contributed by atoms with Crippen LogP contribution < -0.4 is 14.2 Å². The molecule has 1 fully saturated rings. The van der Waals surface area contributed by atoms with Crippen LogP contribution in [-0.4, -0.2) is 30.2 Å². The van der Waals surface area contributed by atoms with Gasteiger partial charge in [-0.3, -0.25) is 9.69 Å². The fraction of sp³-hybridized carbons (Fsp3) is 0.125. The molecule has 1 aliphatic heterocycles. The molecule has 5 rings (SSSR count). The van der Waals surface area contributed by atoms with Crippen LogP contribution in [0.1, 0.15) is 16.7 Å². The average Bonchev–Trinajstić information content (AvgIpc) is 3.26.